The van der Waals surface area contributed by atoms with Crippen molar-refractivity contribution in [1.29, 1.82) is 0 Å². The molecule has 0 atom stereocenters. The third-order valence-corrected chi connectivity index (χ3v) is 4.36. The summed E-state index contributed by atoms with van der Waals surface area (Å²) in [5, 5.41) is 0. The van der Waals surface area contributed by atoms with Gasteiger partial charge in [-0.15, -0.1) is 0 Å². The first kappa shape index (κ1) is 23.8. The molecule has 0 unspecified atom stereocenters. The van der Waals surface area contributed by atoms with Crippen LogP contribution in [0, 0.1) is 13.8 Å². The maximum absolute atomic E-state index is 10.9. The summed E-state index contributed by atoms with van der Waals surface area (Å²) in [5.41, 5.74) is 6.78. The number of Topliss-reactive ketones (excluding diaryl/α,β-unsaturated/α-hetero) is 1. The molecule has 3 heteroatoms. The van der Waals surface area contributed by atoms with Gasteiger partial charge in [0.15, 0.2) is 5.78 Å². The van der Waals surface area contributed by atoms with E-state index in [4.69, 9.17) is 0 Å². The van der Waals surface area contributed by atoms with Gasteiger partial charge >= 0.3 is 0 Å². The summed E-state index contributed by atoms with van der Waals surface area (Å²) >= 11 is 0. The average Bonchev–Trinajstić information content (AvgIpc) is 2.72. The lowest BCUT2D eigenvalue weighted by atomic mass is 10.1. The molecule has 0 bridgehead atoms. The molecule has 0 N–H and O–H groups in total. The number of carbonyl (C=O) groups is 1. The molecule has 0 aliphatic carbocycles. The van der Waals surface area contributed by atoms with Crippen molar-refractivity contribution in [3.05, 3.63) is 102 Å². The van der Waals surface area contributed by atoms with Crippen LogP contribution in [0.1, 0.15) is 40.9 Å². The molecular formula is C26H32N2O. The van der Waals surface area contributed by atoms with Gasteiger partial charge in [0.2, 0.25) is 0 Å². The number of pyridine rings is 1. The third kappa shape index (κ3) is 9.02. The molecule has 0 fully saturated rings. The molecule has 152 valence electrons. The van der Waals surface area contributed by atoms with Gasteiger partial charge in [0, 0.05) is 37.7 Å². The molecule has 0 aliphatic rings. The van der Waals surface area contributed by atoms with E-state index in [1.165, 1.54) is 16.7 Å². The summed E-state index contributed by atoms with van der Waals surface area (Å²) in [6.07, 6.45) is 3.68. The fourth-order valence-electron chi connectivity index (χ4n) is 2.26. The topological polar surface area (TPSA) is 33.2 Å². The van der Waals surface area contributed by atoms with Crippen molar-refractivity contribution < 1.29 is 4.79 Å². The third-order valence-electron chi connectivity index (χ3n) is 4.36. The van der Waals surface area contributed by atoms with Gasteiger partial charge in [0.25, 0.3) is 0 Å². The minimum atomic E-state index is 0.111. The fourth-order valence-corrected chi connectivity index (χ4v) is 2.26. The molecule has 0 amide bonds. The highest BCUT2D eigenvalue weighted by molar-refractivity contribution is 5.94. The molecule has 1 heterocycles. The van der Waals surface area contributed by atoms with Crippen molar-refractivity contribution in [1.82, 2.24) is 4.98 Å². The van der Waals surface area contributed by atoms with E-state index in [1.807, 2.05) is 86.8 Å². The van der Waals surface area contributed by atoms with Crippen LogP contribution >= 0.6 is 0 Å². The Kier molecular flexibility index (Phi) is 10.1. The quantitative estimate of drug-likeness (QED) is 0.489. The highest BCUT2D eigenvalue weighted by Gasteiger charge is 1.98. The van der Waals surface area contributed by atoms with Crippen LogP contribution in [-0.4, -0.2) is 24.9 Å². The Morgan fingerprint density at radius 3 is 1.76 bits per heavy atom. The Bertz CT molecular complexity index is 877. The zero-order valence-corrected chi connectivity index (χ0v) is 18.4. The van der Waals surface area contributed by atoms with Gasteiger partial charge in [-0.1, -0.05) is 42.5 Å². The molecule has 0 radical (unpaired) electrons. The van der Waals surface area contributed by atoms with Crippen LogP contribution in [0.5, 0.6) is 0 Å². The first-order valence-corrected chi connectivity index (χ1v) is 9.58. The second-order valence-corrected chi connectivity index (χ2v) is 7.10. The summed E-state index contributed by atoms with van der Waals surface area (Å²) in [6.45, 7) is 11.5. The number of hydrogen-bond donors (Lipinski definition) is 0. The van der Waals surface area contributed by atoms with Gasteiger partial charge in [-0.25, -0.2) is 0 Å². The predicted molar refractivity (Wildman–Crippen MR) is 126 cm³/mol. The van der Waals surface area contributed by atoms with Gasteiger partial charge in [-0.2, -0.15) is 0 Å². The molecule has 0 saturated carbocycles. The van der Waals surface area contributed by atoms with E-state index in [9.17, 15) is 4.79 Å². The average molecular weight is 389 g/mol. The molecule has 0 saturated heterocycles. The van der Waals surface area contributed by atoms with Crippen molar-refractivity contribution in [3.8, 4) is 0 Å². The second kappa shape index (κ2) is 12.3. The first-order chi connectivity index (χ1) is 13.7. The van der Waals surface area contributed by atoms with Crippen molar-refractivity contribution >= 4 is 17.0 Å². The lowest BCUT2D eigenvalue weighted by molar-refractivity contribution is 0.101. The SMILES string of the molecule is C=C(C)c1ccccc1.CC(=O)c1ccc(N(C)C)cc1.Cc1ccncc1C. The normalized spacial score (nSPS) is 9.31. The van der Waals surface area contributed by atoms with Gasteiger partial charge in [0.05, 0.1) is 0 Å². The van der Waals surface area contributed by atoms with E-state index in [0.29, 0.717) is 0 Å². The standard InChI is InChI=1S/C10H13NO.C9H10.C7H9N/c1-8(12)9-4-6-10(7-5-9)11(2)3;1-8(2)9-6-4-3-5-7-9;1-6-3-4-8-5-7(6)2/h4-7H,1-3H3;3-7H,1H2,2H3;3-5H,1-2H3. The number of aryl methyl sites for hydroxylation is 2. The maximum atomic E-state index is 10.9. The van der Waals surface area contributed by atoms with E-state index in [1.54, 1.807) is 6.92 Å². The Hall–Kier alpha value is -3.20. The number of nitrogens with zero attached hydrogens (tertiary/aromatic N) is 2. The minimum Gasteiger partial charge on any atom is -0.378 e. The van der Waals surface area contributed by atoms with E-state index >= 15 is 0 Å². The van der Waals surface area contributed by atoms with Crippen molar-refractivity contribution in [2.45, 2.75) is 27.7 Å². The number of hydrogen-bond acceptors (Lipinski definition) is 3. The van der Waals surface area contributed by atoms with E-state index in [0.717, 1.165) is 16.8 Å². The highest BCUT2D eigenvalue weighted by Crippen LogP contribution is 2.12. The summed E-state index contributed by atoms with van der Waals surface area (Å²) in [6, 6.07) is 19.7. The Balaban J connectivity index is 0.000000223. The number of anilines is 1. The maximum Gasteiger partial charge on any atom is 0.159 e. The van der Waals surface area contributed by atoms with Crippen molar-refractivity contribution in [3.63, 3.8) is 0 Å². The number of benzene rings is 2. The molecule has 3 nitrogen and oxygen atoms in total. The fraction of sp³-hybridized carbons (Fsp3) is 0.231. The molecule has 3 rings (SSSR count). The molecule has 0 aliphatic heterocycles. The summed E-state index contributed by atoms with van der Waals surface area (Å²) in [7, 11) is 3.95. The molecule has 1 aromatic heterocycles. The number of ketones is 1. The predicted octanol–water partition coefficient (Wildman–Crippen LogP) is 6.37. The lowest BCUT2D eigenvalue weighted by Crippen LogP contribution is -2.08. The smallest absolute Gasteiger partial charge is 0.159 e. The van der Waals surface area contributed by atoms with Crippen LogP contribution in [0.2, 0.25) is 0 Å². The van der Waals surface area contributed by atoms with Crippen molar-refractivity contribution in [2.75, 3.05) is 19.0 Å². The van der Waals surface area contributed by atoms with Crippen LogP contribution in [-0.2, 0) is 0 Å². The van der Waals surface area contributed by atoms with E-state index in [-0.39, 0.29) is 5.78 Å². The van der Waals surface area contributed by atoms with Crippen LogP contribution in [0.3, 0.4) is 0 Å². The molecule has 2 aromatic carbocycles. The molecule has 3 aromatic rings. The van der Waals surface area contributed by atoms with E-state index in [2.05, 4.69) is 37.5 Å². The number of carbonyl (C=O) groups excluding carboxylic acids is 1. The van der Waals surface area contributed by atoms with Crippen LogP contribution < -0.4 is 4.90 Å². The summed E-state index contributed by atoms with van der Waals surface area (Å²) < 4.78 is 0. The Morgan fingerprint density at radius 1 is 0.828 bits per heavy atom. The second-order valence-electron chi connectivity index (χ2n) is 7.10. The van der Waals surface area contributed by atoms with Crippen LogP contribution in [0.4, 0.5) is 5.69 Å². The summed E-state index contributed by atoms with van der Waals surface area (Å²) in [5.74, 6) is 0.111. The highest BCUT2D eigenvalue weighted by atomic mass is 16.1. The first-order valence-electron chi connectivity index (χ1n) is 9.58. The number of rotatable bonds is 3. The number of allylic oxidation sites excluding steroid dienone is 1. The van der Waals surface area contributed by atoms with Gasteiger partial charge in [0.1, 0.15) is 0 Å². The molecular weight excluding hydrogens is 356 g/mol. The van der Waals surface area contributed by atoms with Crippen molar-refractivity contribution in [2.24, 2.45) is 0 Å². The van der Waals surface area contributed by atoms with E-state index < -0.39 is 0 Å². The number of aromatic nitrogens is 1. The van der Waals surface area contributed by atoms with Gasteiger partial charge in [-0.05, 0) is 74.7 Å². The largest absolute Gasteiger partial charge is 0.378 e. The lowest BCUT2D eigenvalue weighted by Gasteiger charge is -2.11. The Labute approximate surface area is 175 Å². The van der Waals surface area contributed by atoms with Crippen LogP contribution in [0.15, 0.2) is 79.6 Å². The molecule has 29 heavy (non-hydrogen) atoms. The van der Waals surface area contributed by atoms with Crippen LogP contribution in [0.25, 0.3) is 5.57 Å². The van der Waals surface area contributed by atoms with Gasteiger partial charge in [-0.3, -0.25) is 9.78 Å². The summed E-state index contributed by atoms with van der Waals surface area (Å²) in [4.78, 5) is 16.9. The zero-order valence-electron chi connectivity index (χ0n) is 18.4. The molecule has 0 spiro atoms. The monoisotopic (exact) mass is 388 g/mol. The zero-order chi connectivity index (χ0) is 21.8. The minimum absolute atomic E-state index is 0.111. The Morgan fingerprint density at radius 2 is 1.41 bits per heavy atom. The van der Waals surface area contributed by atoms with Gasteiger partial charge < -0.3 is 4.90 Å².